The van der Waals surface area contributed by atoms with E-state index in [1.807, 2.05) is 25.3 Å². The maximum absolute atomic E-state index is 13.1. The quantitative estimate of drug-likeness (QED) is 0.480. The minimum atomic E-state index is -4.06. The van der Waals surface area contributed by atoms with E-state index in [4.69, 9.17) is 9.47 Å². The summed E-state index contributed by atoms with van der Waals surface area (Å²) in [4.78, 5) is -0.107. The molecule has 0 aliphatic heterocycles. The highest BCUT2D eigenvalue weighted by Crippen LogP contribution is 2.34. The predicted molar refractivity (Wildman–Crippen MR) is 109 cm³/mol. The molecule has 0 saturated carbocycles. The van der Waals surface area contributed by atoms with Gasteiger partial charge in [0.05, 0.1) is 20.8 Å². The second-order valence-corrected chi connectivity index (χ2v) is 8.18. The van der Waals surface area contributed by atoms with Crippen LogP contribution >= 0.6 is 0 Å². The molecule has 1 aromatic carbocycles. The minimum absolute atomic E-state index is 0.107. The van der Waals surface area contributed by atoms with Crippen LogP contribution in [0, 0.1) is 6.92 Å². The van der Waals surface area contributed by atoms with E-state index in [0.29, 0.717) is 12.1 Å². The Hall–Kier alpha value is -3.60. The maximum atomic E-state index is 13.1. The van der Waals surface area contributed by atoms with Gasteiger partial charge < -0.3 is 9.47 Å². The fraction of sp³-hybridized carbons (Fsp3) is 0.211. The molecular formula is C19H20N6O4S. The Morgan fingerprint density at radius 3 is 2.50 bits per heavy atom. The molecule has 0 saturated heterocycles. The number of hydrogen-bond donors (Lipinski definition) is 1. The third kappa shape index (κ3) is 3.54. The number of aromatic nitrogens is 5. The molecule has 0 aliphatic rings. The van der Waals surface area contributed by atoms with Gasteiger partial charge in [-0.05, 0) is 36.2 Å². The van der Waals surface area contributed by atoms with Crippen molar-refractivity contribution >= 4 is 21.4 Å². The van der Waals surface area contributed by atoms with Gasteiger partial charge in [-0.15, -0.1) is 5.10 Å². The van der Waals surface area contributed by atoms with Crippen molar-refractivity contribution in [1.29, 1.82) is 0 Å². The van der Waals surface area contributed by atoms with Gasteiger partial charge in [-0.1, -0.05) is 17.3 Å². The van der Waals surface area contributed by atoms with Crippen LogP contribution in [0.2, 0.25) is 0 Å². The highest BCUT2D eigenvalue weighted by molar-refractivity contribution is 7.93. The Morgan fingerprint density at radius 2 is 1.87 bits per heavy atom. The van der Waals surface area contributed by atoms with Crippen molar-refractivity contribution in [2.45, 2.75) is 18.4 Å². The fourth-order valence-electron chi connectivity index (χ4n) is 3.29. The molecule has 0 bridgehead atoms. The number of hydrogen-bond acceptors (Lipinski definition) is 7. The average Bonchev–Trinajstić information content (AvgIpc) is 3.37. The Labute approximate surface area is 173 Å². The Balaban J connectivity index is 1.73. The largest absolute Gasteiger partial charge is 0.495 e. The van der Waals surface area contributed by atoms with Crippen LogP contribution < -0.4 is 14.2 Å². The van der Waals surface area contributed by atoms with Crippen LogP contribution in [0.1, 0.15) is 11.1 Å². The summed E-state index contributed by atoms with van der Waals surface area (Å²) in [5.74, 6) is 0.444. The van der Waals surface area contributed by atoms with Crippen LogP contribution in [0.3, 0.4) is 0 Å². The highest BCUT2D eigenvalue weighted by atomic mass is 32.2. The number of nitrogens with one attached hydrogen (secondary N) is 1. The minimum Gasteiger partial charge on any atom is -0.495 e. The molecule has 30 heavy (non-hydrogen) atoms. The molecule has 156 valence electrons. The first-order valence-corrected chi connectivity index (χ1v) is 10.5. The van der Waals surface area contributed by atoms with Gasteiger partial charge in [0.15, 0.2) is 10.7 Å². The molecule has 0 unspecified atom stereocenters. The molecule has 4 rings (SSSR count). The Kier molecular flexibility index (Phi) is 5.04. The molecule has 0 fully saturated rings. The number of anilines is 1. The van der Waals surface area contributed by atoms with Crippen molar-refractivity contribution in [2.24, 2.45) is 0 Å². The number of sulfonamides is 1. The zero-order valence-corrected chi connectivity index (χ0v) is 17.4. The van der Waals surface area contributed by atoms with Crippen LogP contribution in [0.15, 0.2) is 53.8 Å². The molecule has 1 N–H and O–H groups in total. The van der Waals surface area contributed by atoms with Crippen molar-refractivity contribution < 1.29 is 17.9 Å². The second-order valence-electron chi connectivity index (χ2n) is 6.56. The number of rotatable bonds is 7. The predicted octanol–water partition coefficient (Wildman–Crippen LogP) is 2.10. The fourth-order valence-corrected chi connectivity index (χ4v) is 4.62. The van der Waals surface area contributed by atoms with Gasteiger partial charge in [0.25, 0.3) is 10.0 Å². The van der Waals surface area contributed by atoms with E-state index in [-0.39, 0.29) is 22.2 Å². The average molecular weight is 428 g/mol. The summed E-state index contributed by atoms with van der Waals surface area (Å²) >= 11 is 0. The van der Waals surface area contributed by atoms with Crippen LogP contribution in [0.4, 0.5) is 5.82 Å². The molecule has 10 nitrogen and oxygen atoms in total. The first-order chi connectivity index (χ1) is 14.4. The Morgan fingerprint density at radius 1 is 1.13 bits per heavy atom. The van der Waals surface area contributed by atoms with Crippen LogP contribution in [0.25, 0.3) is 5.52 Å². The monoisotopic (exact) mass is 428 g/mol. The summed E-state index contributed by atoms with van der Waals surface area (Å²) in [5.41, 5.74) is 2.32. The van der Waals surface area contributed by atoms with Crippen LogP contribution in [-0.4, -0.2) is 47.2 Å². The van der Waals surface area contributed by atoms with Crippen molar-refractivity contribution in [3.05, 3.63) is 60.0 Å². The SMILES string of the molecule is COc1cccc(OC)c1S(=O)(=O)Nc1nnn2cc(Cn3cccn3)cc(C)c12. The lowest BCUT2D eigenvalue weighted by Gasteiger charge is -2.14. The summed E-state index contributed by atoms with van der Waals surface area (Å²) in [6.07, 6.45) is 5.36. The van der Waals surface area contributed by atoms with E-state index in [1.165, 1.54) is 14.2 Å². The summed E-state index contributed by atoms with van der Waals surface area (Å²) < 4.78 is 42.6. The van der Waals surface area contributed by atoms with Crippen LogP contribution in [0.5, 0.6) is 11.5 Å². The molecule has 0 spiro atoms. The first-order valence-electron chi connectivity index (χ1n) is 8.98. The molecule has 0 aliphatic carbocycles. The lowest BCUT2D eigenvalue weighted by atomic mass is 10.2. The summed E-state index contributed by atoms with van der Waals surface area (Å²) in [6.45, 7) is 2.43. The van der Waals surface area contributed by atoms with E-state index >= 15 is 0 Å². The second kappa shape index (κ2) is 7.67. The molecule has 0 amide bonds. The number of fused-ring (bicyclic) bond motifs is 1. The number of nitrogens with zero attached hydrogens (tertiary/aromatic N) is 5. The molecule has 3 heterocycles. The van der Waals surface area contributed by atoms with E-state index in [9.17, 15) is 8.42 Å². The van der Waals surface area contributed by atoms with Gasteiger partial charge in [0.1, 0.15) is 17.0 Å². The summed E-state index contributed by atoms with van der Waals surface area (Å²) in [7, 11) is -1.27. The smallest absolute Gasteiger partial charge is 0.270 e. The standard InChI is InChI=1S/C19H20N6O4S/c1-13-10-14(11-24-9-5-8-20-24)12-25-17(13)19(21-23-25)22-30(26,27)18-15(28-2)6-4-7-16(18)29-3/h4-10,12,22H,11H2,1-3H3. The van der Waals surface area contributed by atoms with Crippen molar-refractivity contribution in [1.82, 2.24) is 24.6 Å². The third-order valence-electron chi connectivity index (χ3n) is 4.54. The zero-order chi connectivity index (χ0) is 21.3. The van der Waals surface area contributed by atoms with Gasteiger partial charge in [-0.2, -0.15) is 5.10 Å². The molecule has 0 atom stereocenters. The molecular weight excluding hydrogens is 408 g/mol. The normalized spacial score (nSPS) is 11.6. The third-order valence-corrected chi connectivity index (χ3v) is 5.95. The lowest BCUT2D eigenvalue weighted by Crippen LogP contribution is -2.16. The first kappa shape index (κ1) is 19.7. The van der Waals surface area contributed by atoms with Crippen molar-refractivity contribution in [3.63, 3.8) is 0 Å². The zero-order valence-electron chi connectivity index (χ0n) is 16.6. The van der Waals surface area contributed by atoms with Gasteiger partial charge in [0.2, 0.25) is 0 Å². The molecule has 11 heteroatoms. The maximum Gasteiger partial charge on any atom is 0.270 e. The van der Waals surface area contributed by atoms with E-state index in [1.54, 1.807) is 39.8 Å². The number of benzene rings is 1. The van der Waals surface area contributed by atoms with E-state index in [2.05, 4.69) is 20.1 Å². The summed E-state index contributed by atoms with van der Waals surface area (Å²) in [6, 6.07) is 8.54. The van der Waals surface area contributed by atoms with Crippen molar-refractivity contribution in [2.75, 3.05) is 18.9 Å². The van der Waals surface area contributed by atoms with Gasteiger partial charge >= 0.3 is 0 Å². The number of methoxy groups -OCH3 is 2. The molecule has 0 radical (unpaired) electrons. The van der Waals surface area contributed by atoms with Gasteiger partial charge in [-0.25, -0.2) is 12.9 Å². The number of aryl methyl sites for hydroxylation is 1. The summed E-state index contributed by atoms with van der Waals surface area (Å²) in [5, 5.41) is 12.3. The number of ether oxygens (including phenoxy) is 2. The Bertz CT molecular complexity index is 1280. The van der Waals surface area contributed by atoms with Crippen molar-refractivity contribution in [3.8, 4) is 11.5 Å². The topological polar surface area (TPSA) is 113 Å². The van der Waals surface area contributed by atoms with Crippen LogP contribution in [-0.2, 0) is 16.6 Å². The van der Waals surface area contributed by atoms with Gasteiger partial charge in [-0.3, -0.25) is 9.40 Å². The van der Waals surface area contributed by atoms with E-state index in [0.717, 1.165) is 11.1 Å². The van der Waals surface area contributed by atoms with Gasteiger partial charge in [0, 0.05) is 18.6 Å². The van der Waals surface area contributed by atoms with E-state index < -0.39 is 10.0 Å². The highest BCUT2D eigenvalue weighted by Gasteiger charge is 2.27. The number of pyridine rings is 1. The molecule has 3 aromatic heterocycles. The lowest BCUT2D eigenvalue weighted by molar-refractivity contribution is 0.373. The molecule has 4 aromatic rings.